The van der Waals surface area contributed by atoms with Crippen molar-refractivity contribution >= 4 is 45.8 Å². The molecule has 0 bridgehead atoms. The van der Waals surface area contributed by atoms with Crippen LogP contribution in [0, 0.1) is 5.82 Å². The molecule has 0 spiro atoms. The Kier molecular flexibility index (Phi) is 7.38. The number of rotatable bonds is 8. The van der Waals surface area contributed by atoms with Gasteiger partial charge in [-0.25, -0.2) is 4.39 Å². The van der Waals surface area contributed by atoms with Crippen LogP contribution in [0.25, 0.3) is 0 Å². The van der Waals surface area contributed by atoms with E-state index in [1.165, 1.54) is 23.9 Å². The summed E-state index contributed by atoms with van der Waals surface area (Å²) in [5, 5.41) is 0.111. The first-order chi connectivity index (χ1) is 13.9. The molecule has 1 aliphatic heterocycles. The van der Waals surface area contributed by atoms with Crippen LogP contribution in [0.3, 0.4) is 0 Å². The average Bonchev–Trinajstić information content (AvgIpc) is 2.94. The molecule has 8 heteroatoms. The summed E-state index contributed by atoms with van der Waals surface area (Å²) in [5.41, 5.74) is 1.55. The van der Waals surface area contributed by atoms with E-state index in [1.807, 2.05) is 19.9 Å². The van der Waals surface area contributed by atoms with Gasteiger partial charge in [-0.15, -0.1) is 0 Å². The number of ether oxygens (including phenoxy) is 2. The Morgan fingerprint density at radius 1 is 1.21 bits per heavy atom. The van der Waals surface area contributed by atoms with Crippen LogP contribution in [0.5, 0.6) is 11.5 Å². The van der Waals surface area contributed by atoms with E-state index in [4.69, 9.17) is 33.3 Å². The van der Waals surface area contributed by atoms with Crippen LogP contribution in [-0.4, -0.2) is 33.5 Å². The third kappa shape index (κ3) is 5.21. The molecule has 0 saturated carbocycles. The number of halogens is 2. The van der Waals surface area contributed by atoms with Gasteiger partial charge in [0.1, 0.15) is 16.7 Å². The van der Waals surface area contributed by atoms with Gasteiger partial charge in [0.15, 0.2) is 11.5 Å². The van der Waals surface area contributed by atoms with Gasteiger partial charge in [-0.3, -0.25) is 9.69 Å². The van der Waals surface area contributed by atoms with E-state index in [9.17, 15) is 9.18 Å². The Bertz CT molecular complexity index is 925. The second kappa shape index (κ2) is 9.78. The molecule has 0 radical (unpaired) electrons. The zero-order valence-corrected chi connectivity index (χ0v) is 18.5. The standard InChI is InChI=1S/C21H21ClFNO3S2/c1-3-24-20(25)18(29-21(24)28)11-14-9-16(22)19(17(10-14)26-4-2)27-12-13-6-5-7-15(23)8-13/h5-10,18H,3-4,11-12H2,1-2H3/t18-/m0/s1. The van der Waals surface area contributed by atoms with Gasteiger partial charge in [0, 0.05) is 6.54 Å². The topological polar surface area (TPSA) is 38.8 Å². The molecule has 0 aliphatic carbocycles. The van der Waals surface area contributed by atoms with E-state index in [1.54, 1.807) is 23.1 Å². The lowest BCUT2D eigenvalue weighted by atomic mass is 10.1. The molecule has 0 unspecified atom stereocenters. The van der Waals surface area contributed by atoms with Gasteiger partial charge in [-0.1, -0.05) is 47.7 Å². The molecule has 2 aromatic rings. The van der Waals surface area contributed by atoms with Crippen LogP contribution < -0.4 is 9.47 Å². The van der Waals surface area contributed by atoms with Crippen molar-refractivity contribution < 1.29 is 18.7 Å². The molecule has 1 saturated heterocycles. The highest BCUT2D eigenvalue weighted by Crippen LogP contribution is 2.39. The van der Waals surface area contributed by atoms with Gasteiger partial charge in [0.05, 0.1) is 16.9 Å². The second-order valence-corrected chi connectivity index (χ2v) is 8.66. The molecule has 0 aromatic heterocycles. The number of thioether (sulfide) groups is 1. The van der Waals surface area contributed by atoms with E-state index < -0.39 is 0 Å². The first-order valence-corrected chi connectivity index (χ1v) is 10.9. The number of carbonyl (C=O) groups is 1. The van der Waals surface area contributed by atoms with Crippen molar-refractivity contribution in [1.29, 1.82) is 0 Å². The number of hydrogen-bond donors (Lipinski definition) is 0. The maximum Gasteiger partial charge on any atom is 0.241 e. The molecule has 1 aliphatic rings. The predicted octanol–water partition coefficient (Wildman–Crippen LogP) is 5.25. The summed E-state index contributed by atoms with van der Waals surface area (Å²) in [7, 11) is 0. The van der Waals surface area contributed by atoms with Gasteiger partial charge >= 0.3 is 0 Å². The molecule has 3 rings (SSSR count). The van der Waals surface area contributed by atoms with E-state index >= 15 is 0 Å². The van der Waals surface area contributed by atoms with Crippen molar-refractivity contribution in [3.63, 3.8) is 0 Å². The average molecular weight is 454 g/mol. The van der Waals surface area contributed by atoms with Crippen molar-refractivity contribution in [3.05, 3.63) is 58.4 Å². The first-order valence-electron chi connectivity index (χ1n) is 9.27. The summed E-state index contributed by atoms with van der Waals surface area (Å²) >= 11 is 13.1. The number of carbonyl (C=O) groups excluding carboxylic acids is 1. The molecular formula is C21H21ClFNO3S2. The summed E-state index contributed by atoms with van der Waals surface area (Å²) < 4.78 is 25.5. The van der Waals surface area contributed by atoms with E-state index in [0.29, 0.717) is 46.0 Å². The lowest BCUT2D eigenvalue weighted by molar-refractivity contribution is -0.125. The molecule has 29 heavy (non-hydrogen) atoms. The Hall–Kier alpha value is -1.83. The molecule has 0 N–H and O–H groups in total. The molecule has 1 fully saturated rings. The van der Waals surface area contributed by atoms with E-state index in [2.05, 4.69) is 0 Å². The smallest absolute Gasteiger partial charge is 0.241 e. The molecular weight excluding hydrogens is 433 g/mol. The summed E-state index contributed by atoms with van der Waals surface area (Å²) in [4.78, 5) is 14.1. The number of hydrogen-bond acceptors (Lipinski definition) is 5. The number of thiocarbonyl (C=S) groups is 1. The highest BCUT2D eigenvalue weighted by molar-refractivity contribution is 8.24. The fourth-order valence-electron chi connectivity index (χ4n) is 3.05. The van der Waals surface area contributed by atoms with E-state index in [-0.39, 0.29) is 23.6 Å². The zero-order chi connectivity index (χ0) is 21.0. The summed E-state index contributed by atoms with van der Waals surface area (Å²) in [6.07, 6.45) is 0.490. The highest BCUT2D eigenvalue weighted by atomic mass is 35.5. The largest absolute Gasteiger partial charge is 0.490 e. The van der Waals surface area contributed by atoms with Crippen LogP contribution >= 0.6 is 35.6 Å². The van der Waals surface area contributed by atoms with Crippen molar-refractivity contribution in [2.24, 2.45) is 0 Å². The van der Waals surface area contributed by atoms with Crippen LogP contribution in [0.4, 0.5) is 4.39 Å². The van der Waals surface area contributed by atoms with Crippen LogP contribution in [0.2, 0.25) is 5.02 Å². The van der Waals surface area contributed by atoms with Crippen LogP contribution in [0.1, 0.15) is 25.0 Å². The van der Waals surface area contributed by atoms with Gasteiger partial charge in [0.25, 0.3) is 0 Å². The summed E-state index contributed by atoms with van der Waals surface area (Å²) in [6.45, 7) is 4.93. The van der Waals surface area contributed by atoms with Crippen molar-refractivity contribution in [2.75, 3.05) is 13.2 Å². The minimum Gasteiger partial charge on any atom is -0.490 e. The lowest BCUT2D eigenvalue weighted by Crippen LogP contribution is -2.31. The Morgan fingerprint density at radius 3 is 2.66 bits per heavy atom. The highest BCUT2D eigenvalue weighted by Gasteiger charge is 2.36. The maximum atomic E-state index is 13.4. The van der Waals surface area contributed by atoms with Crippen LogP contribution in [-0.2, 0) is 17.8 Å². The van der Waals surface area contributed by atoms with E-state index in [0.717, 1.165) is 5.56 Å². The Morgan fingerprint density at radius 2 is 2.00 bits per heavy atom. The monoisotopic (exact) mass is 453 g/mol. The first kappa shape index (κ1) is 21.9. The molecule has 1 heterocycles. The predicted molar refractivity (Wildman–Crippen MR) is 118 cm³/mol. The molecule has 154 valence electrons. The number of benzene rings is 2. The zero-order valence-electron chi connectivity index (χ0n) is 16.1. The minimum absolute atomic E-state index is 0.0167. The summed E-state index contributed by atoms with van der Waals surface area (Å²) in [6, 6.07) is 9.80. The molecule has 1 atom stereocenters. The fourth-order valence-corrected chi connectivity index (χ4v) is 5.00. The second-order valence-electron chi connectivity index (χ2n) is 6.42. The van der Waals surface area contributed by atoms with Crippen molar-refractivity contribution in [2.45, 2.75) is 32.1 Å². The molecule has 2 aromatic carbocycles. The fraction of sp³-hybridized carbons (Fsp3) is 0.333. The summed E-state index contributed by atoms with van der Waals surface area (Å²) in [5.74, 6) is 0.591. The SMILES string of the molecule is CCOc1cc(C[C@@H]2SC(=S)N(CC)C2=O)cc(Cl)c1OCc1cccc(F)c1. The maximum absolute atomic E-state index is 13.4. The Balaban J connectivity index is 1.79. The van der Waals surface area contributed by atoms with Crippen molar-refractivity contribution in [1.82, 2.24) is 4.90 Å². The van der Waals surface area contributed by atoms with Crippen LogP contribution in [0.15, 0.2) is 36.4 Å². The molecule has 4 nitrogen and oxygen atoms in total. The Labute approximate surface area is 184 Å². The van der Waals surface area contributed by atoms with Gasteiger partial charge < -0.3 is 9.47 Å². The van der Waals surface area contributed by atoms with Gasteiger partial charge in [0.2, 0.25) is 5.91 Å². The molecule has 1 amide bonds. The van der Waals surface area contributed by atoms with Crippen molar-refractivity contribution in [3.8, 4) is 11.5 Å². The third-order valence-electron chi connectivity index (χ3n) is 4.38. The number of amides is 1. The number of nitrogens with zero attached hydrogens (tertiary/aromatic N) is 1. The van der Waals surface area contributed by atoms with Gasteiger partial charge in [-0.05, 0) is 55.7 Å². The third-order valence-corrected chi connectivity index (χ3v) is 6.25. The quantitative estimate of drug-likeness (QED) is 0.510. The minimum atomic E-state index is -0.324. The lowest BCUT2D eigenvalue weighted by Gasteiger charge is -2.16. The van der Waals surface area contributed by atoms with Gasteiger partial charge in [-0.2, -0.15) is 0 Å². The normalized spacial score (nSPS) is 16.4.